The number of para-hydroxylation sites is 1. The van der Waals surface area contributed by atoms with Crippen molar-refractivity contribution in [3.8, 4) is 0 Å². The molecule has 1 amide bonds. The van der Waals surface area contributed by atoms with Crippen molar-refractivity contribution in [2.75, 3.05) is 5.32 Å². The summed E-state index contributed by atoms with van der Waals surface area (Å²) in [6.45, 7) is 8.59. The Labute approximate surface area is 128 Å². The van der Waals surface area contributed by atoms with Crippen LogP contribution in [0.3, 0.4) is 0 Å². The molecular weight excluding hydrogens is 260 g/mol. The van der Waals surface area contributed by atoms with Crippen LogP contribution in [0.25, 0.3) is 0 Å². The molecular formula is C18H28N2O. The van der Waals surface area contributed by atoms with E-state index in [0.717, 1.165) is 17.2 Å². The monoisotopic (exact) mass is 288 g/mol. The van der Waals surface area contributed by atoms with Crippen molar-refractivity contribution in [2.45, 2.75) is 59.0 Å². The first-order valence-electron chi connectivity index (χ1n) is 8.11. The summed E-state index contributed by atoms with van der Waals surface area (Å²) in [6.07, 6.45) is 3.74. The number of amides is 1. The zero-order chi connectivity index (χ0) is 15.4. The first-order chi connectivity index (χ1) is 9.99. The number of anilines is 1. The SMILES string of the molecule is Cc1ccccc1NC(=O)C(C)NC1CCCC(C)C1C. The van der Waals surface area contributed by atoms with Crippen LogP contribution in [-0.2, 0) is 4.79 Å². The van der Waals surface area contributed by atoms with Gasteiger partial charge in [-0.2, -0.15) is 0 Å². The van der Waals surface area contributed by atoms with Gasteiger partial charge in [0, 0.05) is 11.7 Å². The number of benzene rings is 1. The van der Waals surface area contributed by atoms with Gasteiger partial charge in [-0.25, -0.2) is 0 Å². The van der Waals surface area contributed by atoms with Crippen molar-refractivity contribution >= 4 is 11.6 Å². The predicted octanol–water partition coefficient (Wildman–Crippen LogP) is 3.74. The number of rotatable bonds is 4. The summed E-state index contributed by atoms with van der Waals surface area (Å²) in [7, 11) is 0. The molecule has 1 aromatic rings. The Balaban J connectivity index is 1.92. The third kappa shape index (κ3) is 4.07. The molecule has 3 heteroatoms. The van der Waals surface area contributed by atoms with Crippen molar-refractivity contribution in [3.63, 3.8) is 0 Å². The fourth-order valence-corrected chi connectivity index (χ4v) is 3.17. The van der Waals surface area contributed by atoms with Gasteiger partial charge in [0.25, 0.3) is 0 Å². The molecule has 3 nitrogen and oxygen atoms in total. The van der Waals surface area contributed by atoms with Crippen molar-refractivity contribution in [3.05, 3.63) is 29.8 Å². The van der Waals surface area contributed by atoms with Crippen molar-refractivity contribution in [1.29, 1.82) is 0 Å². The number of hydrogen-bond acceptors (Lipinski definition) is 2. The van der Waals surface area contributed by atoms with E-state index in [9.17, 15) is 4.79 Å². The normalized spacial score (nSPS) is 27.1. The highest BCUT2D eigenvalue weighted by Gasteiger charge is 2.29. The molecule has 4 unspecified atom stereocenters. The first kappa shape index (κ1) is 16.0. The third-order valence-electron chi connectivity index (χ3n) is 4.97. The van der Waals surface area contributed by atoms with Gasteiger partial charge in [0.2, 0.25) is 5.91 Å². The van der Waals surface area contributed by atoms with Crippen LogP contribution in [0, 0.1) is 18.8 Å². The van der Waals surface area contributed by atoms with E-state index in [2.05, 4.69) is 24.5 Å². The standard InChI is InChI=1S/C18H28N2O/c1-12-9-7-11-17(14(12)3)19-15(4)18(21)20-16-10-6-5-8-13(16)2/h5-6,8,10,12,14-15,17,19H,7,9,11H2,1-4H3,(H,20,21). The van der Waals surface area contributed by atoms with Crippen LogP contribution in [0.5, 0.6) is 0 Å². The molecule has 2 rings (SSSR count). The number of nitrogens with one attached hydrogen (secondary N) is 2. The lowest BCUT2D eigenvalue weighted by Crippen LogP contribution is -2.49. The molecule has 116 valence electrons. The maximum atomic E-state index is 12.4. The summed E-state index contributed by atoms with van der Waals surface area (Å²) in [6, 6.07) is 8.18. The van der Waals surface area contributed by atoms with Gasteiger partial charge in [0.15, 0.2) is 0 Å². The lowest BCUT2D eigenvalue weighted by Gasteiger charge is -2.36. The van der Waals surface area contributed by atoms with E-state index in [1.165, 1.54) is 19.3 Å². The van der Waals surface area contributed by atoms with Crippen LogP contribution in [0.4, 0.5) is 5.69 Å². The highest BCUT2D eigenvalue weighted by molar-refractivity contribution is 5.95. The van der Waals surface area contributed by atoms with Crippen molar-refractivity contribution < 1.29 is 4.79 Å². The van der Waals surface area contributed by atoms with Gasteiger partial charge < -0.3 is 10.6 Å². The number of carbonyl (C=O) groups is 1. The van der Waals surface area contributed by atoms with E-state index in [-0.39, 0.29) is 11.9 Å². The highest BCUT2D eigenvalue weighted by atomic mass is 16.2. The van der Waals surface area contributed by atoms with Crippen molar-refractivity contribution in [2.24, 2.45) is 11.8 Å². The number of carbonyl (C=O) groups excluding carboxylic acids is 1. The fourth-order valence-electron chi connectivity index (χ4n) is 3.17. The first-order valence-corrected chi connectivity index (χ1v) is 8.11. The molecule has 0 aromatic heterocycles. The number of hydrogen-bond donors (Lipinski definition) is 2. The maximum absolute atomic E-state index is 12.4. The van der Waals surface area contributed by atoms with Crippen LogP contribution in [0.15, 0.2) is 24.3 Å². The van der Waals surface area contributed by atoms with Crippen LogP contribution in [0.2, 0.25) is 0 Å². The lowest BCUT2D eigenvalue weighted by atomic mass is 9.78. The Hall–Kier alpha value is -1.35. The summed E-state index contributed by atoms with van der Waals surface area (Å²) in [5, 5.41) is 6.55. The summed E-state index contributed by atoms with van der Waals surface area (Å²) < 4.78 is 0. The van der Waals surface area contributed by atoms with E-state index >= 15 is 0 Å². The summed E-state index contributed by atoms with van der Waals surface area (Å²) in [5.74, 6) is 1.42. The van der Waals surface area contributed by atoms with E-state index in [4.69, 9.17) is 0 Å². The zero-order valence-corrected chi connectivity index (χ0v) is 13.6. The lowest BCUT2D eigenvalue weighted by molar-refractivity contribution is -0.118. The molecule has 4 atom stereocenters. The quantitative estimate of drug-likeness (QED) is 0.886. The molecule has 0 spiro atoms. The molecule has 0 bridgehead atoms. The smallest absolute Gasteiger partial charge is 0.241 e. The van der Waals surface area contributed by atoms with Gasteiger partial charge in [0.1, 0.15) is 0 Å². The van der Waals surface area contributed by atoms with E-state index in [1.54, 1.807) is 0 Å². The van der Waals surface area contributed by atoms with Crippen LogP contribution in [-0.4, -0.2) is 18.0 Å². The summed E-state index contributed by atoms with van der Waals surface area (Å²) in [5.41, 5.74) is 2.00. The van der Waals surface area contributed by atoms with Crippen molar-refractivity contribution in [1.82, 2.24) is 5.32 Å². The minimum absolute atomic E-state index is 0.0507. The molecule has 0 aliphatic heterocycles. The molecule has 1 aromatic carbocycles. The van der Waals surface area contributed by atoms with Gasteiger partial charge in [-0.1, -0.05) is 44.9 Å². The zero-order valence-electron chi connectivity index (χ0n) is 13.6. The molecule has 1 aliphatic carbocycles. The van der Waals surface area contributed by atoms with E-state index < -0.39 is 0 Å². The molecule has 1 fully saturated rings. The molecule has 0 saturated heterocycles. The van der Waals surface area contributed by atoms with Gasteiger partial charge in [0.05, 0.1) is 6.04 Å². The van der Waals surface area contributed by atoms with Gasteiger partial charge in [-0.3, -0.25) is 4.79 Å². The molecule has 1 saturated carbocycles. The predicted molar refractivity (Wildman–Crippen MR) is 88.4 cm³/mol. The molecule has 21 heavy (non-hydrogen) atoms. The summed E-state index contributed by atoms with van der Waals surface area (Å²) in [4.78, 5) is 12.4. The van der Waals surface area contributed by atoms with E-state index in [0.29, 0.717) is 12.0 Å². The Kier molecular flexibility index (Phi) is 5.40. The molecule has 0 radical (unpaired) electrons. The highest BCUT2D eigenvalue weighted by Crippen LogP contribution is 2.29. The van der Waals surface area contributed by atoms with Gasteiger partial charge >= 0.3 is 0 Å². The Bertz CT molecular complexity index is 486. The number of aryl methyl sites for hydroxylation is 1. The third-order valence-corrected chi connectivity index (χ3v) is 4.97. The summed E-state index contributed by atoms with van der Waals surface area (Å²) >= 11 is 0. The largest absolute Gasteiger partial charge is 0.324 e. The van der Waals surface area contributed by atoms with Crippen LogP contribution < -0.4 is 10.6 Å². The second-order valence-corrected chi connectivity index (χ2v) is 6.57. The average Bonchev–Trinajstić information content (AvgIpc) is 2.46. The fraction of sp³-hybridized carbons (Fsp3) is 0.611. The Morgan fingerprint density at radius 2 is 1.95 bits per heavy atom. The second-order valence-electron chi connectivity index (χ2n) is 6.57. The van der Waals surface area contributed by atoms with Crippen LogP contribution in [0.1, 0.15) is 45.6 Å². The topological polar surface area (TPSA) is 41.1 Å². The Morgan fingerprint density at radius 1 is 1.24 bits per heavy atom. The molecule has 0 heterocycles. The molecule has 2 N–H and O–H groups in total. The minimum Gasteiger partial charge on any atom is -0.324 e. The Morgan fingerprint density at radius 3 is 2.67 bits per heavy atom. The van der Waals surface area contributed by atoms with Gasteiger partial charge in [-0.05, 0) is 43.7 Å². The second kappa shape index (κ2) is 7.08. The molecule has 1 aliphatic rings. The van der Waals surface area contributed by atoms with E-state index in [1.807, 2.05) is 38.1 Å². The van der Waals surface area contributed by atoms with Crippen LogP contribution >= 0.6 is 0 Å². The maximum Gasteiger partial charge on any atom is 0.241 e. The van der Waals surface area contributed by atoms with Gasteiger partial charge in [-0.15, -0.1) is 0 Å². The minimum atomic E-state index is -0.164. The average molecular weight is 288 g/mol.